The van der Waals surface area contributed by atoms with E-state index in [1.165, 1.54) is 5.56 Å². The predicted octanol–water partition coefficient (Wildman–Crippen LogP) is 3.99. The number of aromatic nitrogens is 1. The molecule has 1 unspecified atom stereocenters. The fourth-order valence-corrected chi connectivity index (χ4v) is 3.79. The molecule has 6 nitrogen and oxygen atoms in total. The van der Waals surface area contributed by atoms with E-state index in [0.717, 1.165) is 35.6 Å². The molecule has 166 valence electrons. The molecule has 0 aliphatic heterocycles. The van der Waals surface area contributed by atoms with Crippen molar-refractivity contribution in [1.29, 1.82) is 5.26 Å². The second-order valence-corrected chi connectivity index (χ2v) is 8.00. The first-order valence-corrected chi connectivity index (χ1v) is 10.6. The van der Waals surface area contributed by atoms with Crippen LogP contribution in [0.2, 0.25) is 0 Å². The number of amides is 1. The smallest absolute Gasteiger partial charge is 0.262 e. The molecule has 0 saturated heterocycles. The van der Waals surface area contributed by atoms with Gasteiger partial charge >= 0.3 is 0 Å². The molecule has 0 saturated carbocycles. The van der Waals surface area contributed by atoms with Gasteiger partial charge in [0.1, 0.15) is 11.6 Å². The molecule has 1 amide bonds. The van der Waals surface area contributed by atoms with Crippen LogP contribution in [0.3, 0.4) is 0 Å². The maximum atomic E-state index is 12.7. The Labute approximate surface area is 186 Å². The molecule has 0 aliphatic carbocycles. The van der Waals surface area contributed by atoms with Gasteiger partial charge in [0.2, 0.25) is 0 Å². The van der Waals surface area contributed by atoms with E-state index < -0.39 is 0 Å². The summed E-state index contributed by atoms with van der Waals surface area (Å²) in [5.41, 5.74) is 5.26. The Kier molecular flexibility index (Phi) is 9.04. The van der Waals surface area contributed by atoms with E-state index >= 15 is 0 Å². The third kappa shape index (κ3) is 6.55. The quantitative estimate of drug-likeness (QED) is 0.464. The zero-order valence-corrected chi connectivity index (χ0v) is 19.5. The number of ether oxygens (including phenoxy) is 1. The van der Waals surface area contributed by atoms with Gasteiger partial charge in [0.25, 0.3) is 5.91 Å². The van der Waals surface area contributed by atoms with Gasteiger partial charge in [-0.3, -0.25) is 4.79 Å². The molecule has 1 heterocycles. The van der Waals surface area contributed by atoms with Crippen LogP contribution in [0, 0.1) is 25.2 Å². The summed E-state index contributed by atoms with van der Waals surface area (Å²) in [6, 6.07) is 12.4. The molecule has 0 aliphatic rings. The number of nitrogens with one attached hydrogen (secondary N) is 1. The van der Waals surface area contributed by atoms with E-state index in [9.17, 15) is 10.1 Å². The molecule has 0 fully saturated rings. The molecule has 6 heteroatoms. The third-order valence-corrected chi connectivity index (χ3v) is 5.47. The van der Waals surface area contributed by atoms with E-state index in [1.54, 1.807) is 13.2 Å². The molecule has 0 radical (unpaired) electrons. The maximum Gasteiger partial charge on any atom is 0.262 e. The van der Waals surface area contributed by atoms with Crippen molar-refractivity contribution < 1.29 is 9.53 Å². The van der Waals surface area contributed by atoms with E-state index in [4.69, 9.17) is 4.74 Å². The van der Waals surface area contributed by atoms with Crippen molar-refractivity contribution in [2.45, 2.75) is 46.8 Å². The van der Waals surface area contributed by atoms with Gasteiger partial charge in [-0.1, -0.05) is 31.2 Å². The van der Waals surface area contributed by atoms with Crippen LogP contribution in [0.25, 0.3) is 6.08 Å². The molecule has 2 aromatic rings. The molecule has 1 N–H and O–H groups in total. The molecule has 2 rings (SSSR count). The van der Waals surface area contributed by atoms with Crippen LogP contribution in [0.15, 0.2) is 35.9 Å². The van der Waals surface area contributed by atoms with Gasteiger partial charge in [-0.25, -0.2) is 0 Å². The summed E-state index contributed by atoms with van der Waals surface area (Å²) in [7, 11) is 3.76. The Balaban J connectivity index is 2.13. The van der Waals surface area contributed by atoms with Crippen molar-refractivity contribution in [2.75, 3.05) is 27.3 Å². The zero-order chi connectivity index (χ0) is 23.0. The second kappa shape index (κ2) is 11.5. The Bertz CT molecular complexity index is 968. The lowest BCUT2D eigenvalue weighted by Crippen LogP contribution is -2.24. The number of nitrogens with zero attached hydrogens (tertiary/aromatic N) is 3. The summed E-state index contributed by atoms with van der Waals surface area (Å²) in [4.78, 5) is 14.9. The number of rotatable bonds is 10. The molecular formula is C25H34N4O2. The number of methoxy groups -OCH3 is 1. The zero-order valence-electron chi connectivity index (χ0n) is 19.5. The number of carbonyl (C=O) groups is 1. The monoisotopic (exact) mass is 422 g/mol. The summed E-state index contributed by atoms with van der Waals surface area (Å²) in [6.45, 7) is 11.0. The lowest BCUT2D eigenvalue weighted by atomic mass is 10.1. The number of carbonyl (C=O) groups excluding carboxylic acids is 1. The van der Waals surface area contributed by atoms with Crippen molar-refractivity contribution in [3.05, 3.63) is 64.0 Å². The highest BCUT2D eigenvalue weighted by atomic mass is 16.5. The van der Waals surface area contributed by atoms with E-state index in [-0.39, 0.29) is 17.5 Å². The van der Waals surface area contributed by atoms with Crippen molar-refractivity contribution in [3.63, 3.8) is 0 Å². The van der Waals surface area contributed by atoms with Gasteiger partial charge in [-0.05, 0) is 63.2 Å². The molecule has 1 aromatic heterocycles. The Morgan fingerprint density at radius 2 is 2.03 bits per heavy atom. The first-order valence-electron chi connectivity index (χ1n) is 10.6. The summed E-state index contributed by atoms with van der Waals surface area (Å²) in [5.74, 6) is -0.367. The highest BCUT2D eigenvalue weighted by Crippen LogP contribution is 2.23. The van der Waals surface area contributed by atoms with Crippen LogP contribution in [0.5, 0.6) is 0 Å². The number of aryl methyl sites for hydroxylation is 1. The van der Waals surface area contributed by atoms with Gasteiger partial charge in [-0.2, -0.15) is 5.26 Å². The van der Waals surface area contributed by atoms with Crippen LogP contribution in [0.4, 0.5) is 0 Å². The number of hydrogen-bond acceptors (Lipinski definition) is 4. The van der Waals surface area contributed by atoms with Crippen LogP contribution in [0.1, 0.15) is 48.0 Å². The standard InChI is InChI=1S/C25H34N4O2/c1-7-28(5)16-22-10-8-9-21(12-22)15-27-25(30)24(14-26)13-23-11-18(2)29(20(23)4)19(3)17-31-6/h8-13,19H,7,15-17H2,1-6H3,(H,27,30)/b24-13-. The predicted molar refractivity (Wildman–Crippen MR) is 124 cm³/mol. The molecular weight excluding hydrogens is 388 g/mol. The number of benzene rings is 1. The van der Waals surface area contributed by atoms with Crippen molar-refractivity contribution >= 4 is 12.0 Å². The van der Waals surface area contributed by atoms with Gasteiger partial charge in [0.05, 0.1) is 12.6 Å². The topological polar surface area (TPSA) is 70.3 Å². The number of hydrogen-bond donors (Lipinski definition) is 1. The van der Waals surface area contributed by atoms with E-state index in [1.807, 2.05) is 32.0 Å². The number of nitriles is 1. The minimum atomic E-state index is -0.367. The van der Waals surface area contributed by atoms with Crippen molar-refractivity contribution in [3.8, 4) is 6.07 Å². The van der Waals surface area contributed by atoms with Crippen molar-refractivity contribution in [2.24, 2.45) is 0 Å². The summed E-state index contributed by atoms with van der Waals surface area (Å²) >= 11 is 0. The third-order valence-electron chi connectivity index (χ3n) is 5.47. The second-order valence-electron chi connectivity index (χ2n) is 8.00. The fourth-order valence-electron chi connectivity index (χ4n) is 3.79. The summed E-state index contributed by atoms with van der Waals surface area (Å²) in [6.07, 6.45) is 1.67. The van der Waals surface area contributed by atoms with Gasteiger partial charge < -0.3 is 19.5 Å². The highest BCUT2D eigenvalue weighted by Gasteiger charge is 2.15. The van der Waals surface area contributed by atoms with Gasteiger partial charge in [-0.15, -0.1) is 0 Å². The fraction of sp³-hybridized carbons (Fsp3) is 0.440. The van der Waals surface area contributed by atoms with Crippen LogP contribution < -0.4 is 5.32 Å². The average Bonchev–Trinajstić information content (AvgIpc) is 3.03. The van der Waals surface area contributed by atoms with E-state index in [0.29, 0.717) is 13.2 Å². The van der Waals surface area contributed by atoms with Crippen LogP contribution in [-0.2, 0) is 22.6 Å². The first-order chi connectivity index (χ1) is 14.8. The normalized spacial score (nSPS) is 12.6. The largest absolute Gasteiger partial charge is 0.383 e. The van der Waals surface area contributed by atoms with Crippen LogP contribution >= 0.6 is 0 Å². The summed E-state index contributed by atoms with van der Waals surface area (Å²) < 4.78 is 7.44. The van der Waals surface area contributed by atoms with Crippen LogP contribution in [-0.4, -0.2) is 42.7 Å². The van der Waals surface area contributed by atoms with Gasteiger partial charge in [0.15, 0.2) is 0 Å². The molecule has 0 bridgehead atoms. The molecule has 1 atom stereocenters. The SMILES string of the molecule is CCN(C)Cc1cccc(CNC(=O)/C(C#N)=C\c2cc(C)n(C(C)COC)c2C)c1. The molecule has 1 aromatic carbocycles. The van der Waals surface area contributed by atoms with E-state index in [2.05, 4.69) is 53.9 Å². The van der Waals surface area contributed by atoms with Gasteiger partial charge in [0, 0.05) is 31.6 Å². The minimum Gasteiger partial charge on any atom is -0.383 e. The highest BCUT2D eigenvalue weighted by molar-refractivity contribution is 6.01. The Hall–Kier alpha value is -2.88. The lowest BCUT2D eigenvalue weighted by molar-refractivity contribution is -0.117. The molecule has 0 spiro atoms. The molecule has 31 heavy (non-hydrogen) atoms. The Morgan fingerprint density at radius 1 is 1.32 bits per heavy atom. The first kappa shape index (κ1) is 24.4. The minimum absolute atomic E-state index is 0.0986. The maximum absolute atomic E-state index is 12.7. The summed E-state index contributed by atoms with van der Waals surface area (Å²) in [5, 5.41) is 12.5. The lowest BCUT2D eigenvalue weighted by Gasteiger charge is -2.17. The van der Waals surface area contributed by atoms with Crippen molar-refractivity contribution in [1.82, 2.24) is 14.8 Å². The Morgan fingerprint density at radius 3 is 2.68 bits per heavy atom. The average molecular weight is 423 g/mol.